The van der Waals surface area contributed by atoms with E-state index in [4.69, 9.17) is 69.1 Å². The van der Waals surface area contributed by atoms with Crippen LogP contribution in [0.15, 0.2) is 12.7 Å². The highest BCUT2D eigenvalue weighted by molar-refractivity contribution is 8.07. The minimum absolute atomic E-state index is 0.0203. The van der Waals surface area contributed by atoms with Crippen molar-refractivity contribution in [2.24, 2.45) is 10.8 Å². The summed E-state index contributed by atoms with van der Waals surface area (Å²) in [6, 6.07) is 4.33. The van der Waals surface area contributed by atoms with E-state index in [2.05, 4.69) is 18.7 Å². The van der Waals surface area contributed by atoms with E-state index in [1.54, 1.807) is 6.08 Å². The molecule has 3 rings (SSSR count). The molecule has 14 atom stereocenters. The van der Waals surface area contributed by atoms with Crippen molar-refractivity contribution in [3.8, 4) is 12.1 Å². The number of nitriles is 2. The lowest BCUT2D eigenvalue weighted by Crippen LogP contribution is -2.36. The van der Waals surface area contributed by atoms with E-state index >= 15 is 0 Å². The van der Waals surface area contributed by atoms with Gasteiger partial charge in [0.2, 0.25) is 0 Å². The molecule has 0 bridgehead atoms. The summed E-state index contributed by atoms with van der Waals surface area (Å²) >= 11 is 11.9. The van der Waals surface area contributed by atoms with E-state index < -0.39 is 92.8 Å². The van der Waals surface area contributed by atoms with E-state index in [0.29, 0.717) is 19.3 Å². The van der Waals surface area contributed by atoms with Crippen molar-refractivity contribution in [3.63, 3.8) is 0 Å². The highest BCUT2D eigenvalue weighted by Crippen LogP contribution is 2.58. The molecule has 0 radical (unpaired) electrons. The standard InChI is InChI=1S/C33H56N2O10P2S2/c1-8-16-33(7,10-3)31(12-18-35)45-47(49,40-22-28-24(36)13-19-38-28)43-27-15-21-39-29(27)23-41-46(48,42-26-14-20-37-25(26)9-2)44-30(11-17-34)32(4,5)6/h8,24-31,36H,1,9-16,19-23H2,2-7H3/i19T,20T,21T. The number of aliphatic hydroxyl groups is 1. The van der Waals surface area contributed by atoms with Gasteiger partial charge >= 0.3 is 13.4 Å². The Morgan fingerprint density at radius 2 is 1.37 bits per heavy atom. The number of hydrogen-bond donors (Lipinski definition) is 1. The second kappa shape index (κ2) is 19.6. The van der Waals surface area contributed by atoms with E-state index in [9.17, 15) is 15.6 Å². The zero-order valence-electron chi connectivity index (χ0n) is 32.4. The molecule has 280 valence electrons. The first-order valence-electron chi connectivity index (χ1n) is 18.5. The molecule has 1 N–H and O–H groups in total. The summed E-state index contributed by atoms with van der Waals surface area (Å²) in [5.74, 6) is 0. The molecule has 49 heavy (non-hydrogen) atoms. The predicted octanol–water partition coefficient (Wildman–Crippen LogP) is 7.01. The van der Waals surface area contributed by atoms with Gasteiger partial charge in [-0.25, -0.2) is 0 Å². The van der Waals surface area contributed by atoms with Crippen LogP contribution in [0, 0.1) is 33.5 Å². The Balaban J connectivity index is 1.90. The van der Waals surface area contributed by atoms with Crippen LogP contribution in [-0.4, -0.2) is 86.9 Å². The lowest BCUT2D eigenvalue weighted by Gasteiger charge is -2.39. The third kappa shape index (κ3) is 12.6. The predicted molar refractivity (Wildman–Crippen MR) is 192 cm³/mol. The fraction of sp³-hybridized carbons (Fsp3) is 0.879. The van der Waals surface area contributed by atoms with Gasteiger partial charge < -0.3 is 46.5 Å². The Hall–Kier alpha value is -0.380. The maximum Gasteiger partial charge on any atom is 0.327 e. The minimum Gasteiger partial charge on any atom is -0.390 e. The van der Waals surface area contributed by atoms with Crippen LogP contribution in [0.4, 0.5) is 0 Å². The maximum absolute atomic E-state index is 10.5. The second-order valence-electron chi connectivity index (χ2n) is 13.8. The number of rotatable bonds is 21. The molecule has 0 amide bonds. The van der Waals surface area contributed by atoms with Crippen LogP contribution in [0.1, 0.15) is 97.0 Å². The summed E-state index contributed by atoms with van der Waals surface area (Å²) in [5.41, 5.74) is -1.05. The summed E-state index contributed by atoms with van der Waals surface area (Å²) in [6.07, 6.45) is -2.05. The van der Waals surface area contributed by atoms with Crippen molar-refractivity contribution in [2.45, 2.75) is 142 Å². The summed E-state index contributed by atoms with van der Waals surface area (Å²) in [5, 5.41) is 29.8. The van der Waals surface area contributed by atoms with Crippen molar-refractivity contribution in [1.82, 2.24) is 0 Å². The number of ether oxygens (including phenoxy) is 3. The Morgan fingerprint density at radius 3 is 1.86 bits per heavy atom. The molecule has 0 aliphatic carbocycles. The average molecular weight is 773 g/mol. The number of aliphatic hydroxyl groups excluding tert-OH is 1. The van der Waals surface area contributed by atoms with Crippen LogP contribution in [0.25, 0.3) is 0 Å². The van der Waals surface area contributed by atoms with Gasteiger partial charge in [-0.2, -0.15) is 10.5 Å². The van der Waals surface area contributed by atoms with Crippen LogP contribution < -0.4 is 0 Å². The first kappa shape index (κ1) is 38.3. The lowest BCUT2D eigenvalue weighted by atomic mass is 9.77. The zero-order chi connectivity index (χ0) is 38.9. The van der Waals surface area contributed by atoms with Gasteiger partial charge in [0.15, 0.2) is 0 Å². The molecule has 0 spiro atoms. The number of allylic oxidation sites excluding steroid dienone is 1. The largest absolute Gasteiger partial charge is 0.390 e. The van der Waals surface area contributed by atoms with Crippen LogP contribution in [-0.2, 0) is 65.0 Å². The van der Waals surface area contributed by atoms with Crippen molar-refractivity contribution in [3.05, 3.63) is 12.7 Å². The SMILES string of the molecule is [3H]C1CC(O)C(COP(=S)(OC2CC([3H])OC2COP(=S)(OC2CC([3H])OC2CC)OC(CC#N)C(C)(C)C)OC(CC#N)C(C)(CC)CC=C)O1. The van der Waals surface area contributed by atoms with Crippen LogP contribution >= 0.6 is 13.4 Å². The highest BCUT2D eigenvalue weighted by atomic mass is 32.5. The van der Waals surface area contributed by atoms with Gasteiger partial charge in [0.05, 0.1) is 78.9 Å². The zero-order valence-corrected chi connectivity index (χ0v) is 32.9. The van der Waals surface area contributed by atoms with Crippen molar-refractivity contribution < 1.29 is 50.6 Å². The average Bonchev–Trinajstić information content (AvgIpc) is 3.71. The molecular formula is C33H56N2O10P2S2. The Morgan fingerprint density at radius 1 is 0.878 bits per heavy atom. The quantitative estimate of drug-likeness (QED) is 0.0941. The summed E-state index contributed by atoms with van der Waals surface area (Å²) in [6.45, 7) is 4.83. The molecule has 3 heterocycles. The molecule has 3 aliphatic rings. The molecule has 16 heteroatoms. The number of hydrogen-bond acceptors (Lipinski definition) is 14. The molecule has 0 aromatic carbocycles. The van der Waals surface area contributed by atoms with Gasteiger partial charge in [-0.05, 0) is 60.1 Å². The normalized spacial score (nSPS) is 36.2. The molecular weight excluding hydrogens is 710 g/mol. The van der Waals surface area contributed by atoms with Gasteiger partial charge in [-0.1, -0.05) is 47.6 Å². The summed E-state index contributed by atoms with van der Waals surface area (Å²) in [7, 11) is 0. The molecule has 0 aromatic rings. The van der Waals surface area contributed by atoms with Crippen LogP contribution in [0.5, 0.6) is 0 Å². The Kier molecular flexibility index (Phi) is 15.4. The van der Waals surface area contributed by atoms with E-state index in [1.807, 2.05) is 41.5 Å². The lowest BCUT2D eigenvalue weighted by molar-refractivity contribution is -0.0341. The van der Waals surface area contributed by atoms with Gasteiger partial charge in [-0.15, -0.1) is 6.58 Å². The monoisotopic (exact) mass is 772 g/mol. The van der Waals surface area contributed by atoms with Gasteiger partial charge in [0.25, 0.3) is 0 Å². The minimum atomic E-state index is -3.79. The highest BCUT2D eigenvalue weighted by Gasteiger charge is 2.44. The molecule has 12 nitrogen and oxygen atoms in total. The van der Waals surface area contributed by atoms with E-state index in [-0.39, 0.29) is 45.3 Å². The van der Waals surface area contributed by atoms with Crippen molar-refractivity contribution in [2.75, 3.05) is 33.0 Å². The summed E-state index contributed by atoms with van der Waals surface area (Å²) in [4.78, 5) is 0. The van der Waals surface area contributed by atoms with E-state index in [0.717, 1.165) is 0 Å². The number of nitrogens with zero attached hydrogens (tertiary/aromatic N) is 2. The fourth-order valence-electron chi connectivity index (χ4n) is 5.48. The van der Waals surface area contributed by atoms with Crippen molar-refractivity contribution >= 4 is 37.1 Å². The molecule has 14 unspecified atom stereocenters. The third-order valence-electron chi connectivity index (χ3n) is 9.02. The smallest absolute Gasteiger partial charge is 0.327 e. The third-order valence-corrected chi connectivity index (χ3v) is 13.7. The molecule has 3 fully saturated rings. The fourth-order valence-corrected chi connectivity index (χ4v) is 10.6. The Labute approximate surface area is 307 Å². The summed E-state index contributed by atoms with van der Waals surface area (Å²) < 4.78 is 79.8. The first-order chi connectivity index (χ1) is 24.3. The molecule has 3 aliphatic heterocycles. The van der Waals surface area contributed by atoms with Crippen molar-refractivity contribution in [1.29, 1.82) is 10.5 Å². The van der Waals surface area contributed by atoms with E-state index in [1.165, 1.54) is 0 Å². The van der Waals surface area contributed by atoms with Crippen LogP contribution in [0.2, 0.25) is 0 Å². The maximum atomic E-state index is 10.5. The second-order valence-corrected chi connectivity index (χ2v) is 19.6. The first-order valence-corrected chi connectivity index (χ1v) is 21.9. The van der Waals surface area contributed by atoms with Gasteiger partial charge in [0.1, 0.15) is 12.2 Å². The van der Waals surface area contributed by atoms with Gasteiger partial charge in [-0.3, -0.25) is 0 Å². The molecule has 3 saturated heterocycles. The topological polar surface area (TPSA) is 151 Å². The molecule has 0 saturated carbocycles. The van der Waals surface area contributed by atoms with Gasteiger partial charge in [0, 0.05) is 32.6 Å². The Bertz CT molecular complexity index is 1360. The van der Waals surface area contributed by atoms with Crippen LogP contribution in [0.3, 0.4) is 0 Å². The molecule has 0 aromatic heterocycles.